The predicted octanol–water partition coefficient (Wildman–Crippen LogP) is 2.95. The van der Waals surface area contributed by atoms with Gasteiger partial charge < -0.3 is 15.4 Å². The molecule has 1 aromatic rings. The Balaban J connectivity index is 1.74. The number of nitrogens with one attached hydrogen (secondary N) is 2. The molecule has 1 aliphatic heterocycles. The molecule has 2 rings (SSSR count). The average Bonchev–Trinajstić information content (AvgIpc) is 3.05. The third-order valence-electron chi connectivity index (χ3n) is 3.69. The SMILES string of the molecule is CN=C(NCCc1ccc(OC)cc1Cl)NCC1CCCS1. The fourth-order valence-corrected chi connectivity index (χ4v) is 3.88. The van der Waals surface area contributed by atoms with Crippen LogP contribution in [0.1, 0.15) is 18.4 Å². The van der Waals surface area contributed by atoms with E-state index in [1.165, 1.54) is 18.6 Å². The van der Waals surface area contributed by atoms with E-state index in [1.807, 2.05) is 30.0 Å². The smallest absolute Gasteiger partial charge is 0.191 e. The summed E-state index contributed by atoms with van der Waals surface area (Å²) in [5.41, 5.74) is 1.11. The first-order chi connectivity index (χ1) is 10.7. The first-order valence-electron chi connectivity index (χ1n) is 7.61. The van der Waals surface area contributed by atoms with E-state index in [1.54, 1.807) is 14.2 Å². The molecular weight excluding hydrogens is 318 g/mol. The largest absolute Gasteiger partial charge is 0.497 e. The van der Waals surface area contributed by atoms with Crippen molar-refractivity contribution in [3.8, 4) is 5.75 Å². The van der Waals surface area contributed by atoms with Crippen LogP contribution in [0.2, 0.25) is 5.02 Å². The Hall–Kier alpha value is -1.07. The zero-order valence-electron chi connectivity index (χ0n) is 13.2. The van der Waals surface area contributed by atoms with Gasteiger partial charge in [-0.05, 0) is 42.7 Å². The molecule has 1 aliphatic rings. The van der Waals surface area contributed by atoms with Crippen molar-refractivity contribution in [1.82, 2.24) is 10.6 Å². The summed E-state index contributed by atoms with van der Waals surface area (Å²) < 4.78 is 5.16. The van der Waals surface area contributed by atoms with E-state index >= 15 is 0 Å². The van der Waals surface area contributed by atoms with Crippen LogP contribution in [0.4, 0.5) is 0 Å². The van der Waals surface area contributed by atoms with E-state index in [9.17, 15) is 0 Å². The Morgan fingerprint density at radius 3 is 2.95 bits per heavy atom. The van der Waals surface area contributed by atoms with Crippen LogP contribution in [0, 0.1) is 0 Å². The number of ether oxygens (including phenoxy) is 1. The van der Waals surface area contributed by atoms with Crippen LogP contribution < -0.4 is 15.4 Å². The van der Waals surface area contributed by atoms with Gasteiger partial charge in [0, 0.05) is 30.4 Å². The van der Waals surface area contributed by atoms with Crippen molar-refractivity contribution in [2.24, 2.45) is 4.99 Å². The normalized spacial score (nSPS) is 18.3. The molecule has 0 aromatic heterocycles. The molecule has 0 bridgehead atoms. The molecule has 0 radical (unpaired) electrons. The Morgan fingerprint density at radius 1 is 1.45 bits per heavy atom. The molecule has 0 saturated carbocycles. The van der Waals surface area contributed by atoms with Gasteiger partial charge in [0.25, 0.3) is 0 Å². The minimum absolute atomic E-state index is 0.717. The van der Waals surface area contributed by atoms with Gasteiger partial charge >= 0.3 is 0 Å². The number of benzene rings is 1. The lowest BCUT2D eigenvalue weighted by Gasteiger charge is -2.15. The molecule has 122 valence electrons. The summed E-state index contributed by atoms with van der Waals surface area (Å²) in [4.78, 5) is 4.26. The Labute approximate surface area is 142 Å². The third kappa shape index (κ3) is 5.29. The number of guanidine groups is 1. The van der Waals surface area contributed by atoms with Gasteiger partial charge in [-0.25, -0.2) is 0 Å². The highest BCUT2D eigenvalue weighted by Gasteiger charge is 2.15. The van der Waals surface area contributed by atoms with Crippen LogP contribution in [0.5, 0.6) is 5.75 Å². The highest BCUT2D eigenvalue weighted by molar-refractivity contribution is 8.00. The fourth-order valence-electron chi connectivity index (χ4n) is 2.41. The molecule has 1 aromatic carbocycles. The van der Waals surface area contributed by atoms with Gasteiger partial charge in [-0.15, -0.1) is 0 Å². The van der Waals surface area contributed by atoms with Crippen molar-refractivity contribution < 1.29 is 4.74 Å². The monoisotopic (exact) mass is 341 g/mol. The van der Waals surface area contributed by atoms with Gasteiger partial charge in [0.2, 0.25) is 0 Å². The second-order valence-electron chi connectivity index (χ2n) is 5.22. The summed E-state index contributed by atoms with van der Waals surface area (Å²) in [6.45, 7) is 1.77. The molecule has 0 aliphatic carbocycles. The standard InChI is InChI=1S/C16H24ClN3OS/c1-18-16(20-11-14-4-3-9-22-14)19-8-7-12-5-6-13(21-2)10-15(12)17/h5-6,10,14H,3-4,7-9,11H2,1-2H3,(H2,18,19,20). The summed E-state index contributed by atoms with van der Waals surface area (Å²) in [6.07, 6.45) is 3.48. The molecule has 0 spiro atoms. The maximum absolute atomic E-state index is 6.25. The van der Waals surface area contributed by atoms with E-state index in [2.05, 4.69) is 15.6 Å². The number of rotatable bonds is 6. The molecule has 1 fully saturated rings. The highest BCUT2D eigenvalue weighted by atomic mass is 35.5. The molecule has 2 N–H and O–H groups in total. The molecule has 1 unspecified atom stereocenters. The zero-order valence-corrected chi connectivity index (χ0v) is 14.8. The van der Waals surface area contributed by atoms with Crippen LogP contribution in [-0.4, -0.2) is 44.2 Å². The molecule has 1 heterocycles. The van der Waals surface area contributed by atoms with Gasteiger partial charge in [0.1, 0.15) is 5.75 Å². The number of thioether (sulfide) groups is 1. The third-order valence-corrected chi connectivity index (χ3v) is 5.44. The van der Waals surface area contributed by atoms with Crippen LogP contribution in [-0.2, 0) is 6.42 Å². The topological polar surface area (TPSA) is 45.7 Å². The molecule has 1 atom stereocenters. The maximum atomic E-state index is 6.25. The molecule has 1 saturated heterocycles. The summed E-state index contributed by atoms with van der Waals surface area (Å²) in [5.74, 6) is 2.93. The second kappa shape index (κ2) is 9.16. The fraction of sp³-hybridized carbons (Fsp3) is 0.562. The number of hydrogen-bond donors (Lipinski definition) is 2. The first-order valence-corrected chi connectivity index (χ1v) is 9.04. The van der Waals surface area contributed by atoms with E-state index < -0.39 is 0 Å². The zero-order chi connectivity index (χ0) is 15.8. The molecular formula is C16H24ClN3OS. The molecule has 0 amide bonds. The first kappa shape index (κ1) is 17.3. The van der Waals surface area contributed by atoms with Crippen molar-refractivity contribution in [3.63, 3.8) is 0 Å². The lowest BCUT2D eigenvalue weighted by atomic mass is 10.1. The minimum Gasteiger partial charge on any atom is -0.497 e. The van der Waals surface area contributed by atoms with Crippen molar-refractivity contribution in [2.75, 3.05) is 33.0 Å². The van der Waals surface area contributed by atoms with E-state index in [-0.39, 0.29) is 0 Å². The summed E-state index contributed by atoms with van der Waals surface area (Å²) in [6, 6.07) is 5.79. The summed E-state index contributed by atoms with van der Waals surface area (Å²) in [5, 5.41) is 8.19. The Morgan fingerprint density at radius 2 is 2.32 bits per heavy atom. The van der Waals surface area contributed by atoms with Crippen molar-refractivity contribution >= 4 is 29.3 Å². The lowest BCUT2D eigenvalue weighted by Crippen LogP contribution is -2.40. The van der Waals surface area contributed by atoms with Gasteiger partial charge in [-0.1, -0.05) is 17.7 Å². The number of methoxy groups -OCH3 is 1. The molecule has 6 heteroatoms. The van der Waals surface area contributed by atoms with Gasteiger partial charge in [-0.3, -0.25) is 4.99 Å². The second-order valence-corrected chi connectivity index (χ2v) is 7.04. The van der Waals surface area contributed by atoms with E-state index in [4.69, 9.17) is 16.3 Å². The lowest BCUT2D eigenvalue weighted by molar-refractivity contribution is 0.414. The van der Waals surface area contributed by atoms with Gasteiger partial charge in [0.15, 0.2) is 5.96 Å². The van der Waals surface area contributed by atoms with Crippen molar-refractivity contribution in [3.05, 3.63) is 28.8 Å². The van der Waals surface area contributed by atoms with Gasteiger partial charge in [0.05, 0.1) is 7.11 Å². The molecule has 22 heavy (non-hydrogen) atoms. The van der Waals surface area contributed by atoms with E-state index in [0.717, 1.165) is 47.1 Å². The summed E-state index contributed by atoms with van der Waals surface area (Å²) in [7, 11) is 3.45. The maximum Gasteiger partial charge on any atom is 0.191 e. The average molecular weight is 342 g/mol. The van der Waals surface area contributed by atoms with Crippen LogP contribution >= 0.6 is 23.4 Å². The number of halogens is 1. The van der Waals surface area contributed by atoms with E-state index in [0.29, 0.717) is 0 Å². The Kier molecular flexibility index (Phi) is 7.19. The minimum atomic E-state index is 0.717. The quantitative estimate of drug-likeness (QED) is 0.617. The Bertz CT molecular complexity index is 504. The van der Waals surface area contributed by atoms with Gasteiger partial charge in [-0.2, -0.15) is 11.8 Å². The van der Waals surface area contributed by atoms with Crippen LogP contribution in [0.25, 0.3) is 0 Å². The molecule has 4 nitrogen and oxygen atoms in total. The van der Waals surface area contributed by atoms with Crippen molar-refractivity contribution in [1.29, 1.82) is 0 Å². The number of nitrogens with zero attached hydrogens (tertiary/aromatic N) is 1. The van der Waals surface area contributed by atoms with Crippen LogP contribution in [0.3, 0.4) is 0 Å². The van der Waals surface area contributed by atoms with Crippen molar-refractivity contribution in [2.45, 2.75) is 24.5 Å². The predicted molar refractivity (Wildman–Crippen MR) is 96.6 cm³/mol. The van der Waals surface area contributed by atoms with Crippen LogP contribution in [0.15, 0.2) is 23.2 Å². The number of hydrogen-bond acceptors (Lipinski definition) is 3. The number of aliphatic imine (C=N–C) groups is 1. The summed E-state index contributed by atoms with van der Waals surface area (Å²) >= 11 is 8.29. The highest BCUT2D eigenvalue weighted by Crippen LogP contribution is 2.25.